The zero-order valence-corrected chi connectivity index (χ0v) is 16.1. The van der Waals surface area contributed by atoms with Gasteiger partial charge in [0.1, 0.15) is 18.5 Å². The molecule has 1 fully saturated rings. The van der Waals surface area contributed by atoms with E-state index >= 15 is 0 Å². The molecule has 4 unspecified atom stereocenters. The van der Waals surface area contributed by atoms with Crippen LogP contribution in [0.3, 0.4) is 0 Å². The summed E-state index contributed by atoms with van der Waals surface area (Å²) in [6.07, 6.45) is -2.13. The van der Waals surface area contributed by atoms with Crippen LogP contribution in [0.1, 0.15) is 11.8 Å². The van der Waals surface area contributed by atoms with Crippen molar-refractivity contribution in [1.29, 1.82) is 0 Å². The summed E-state index contributed by atoms with van der Waals surface area (Å²) in [4.78, 5) is 24.6. The molecule has 4 atom stereocenters. The minimum Gasteiger partial charge on any atom is -0.387 e. The summed E-state index contributed by atoms with van der Waals surface area (Å²) in [5.74, 6) is -0.0356. The number of carbonyl (C=O) groups is 1. The lowest BCUT2D eigenvalue weighted by Gasteiger charge is -2.16. The largest absolute Gasteiger partial charge is 0.387 e. The maximum atomic E-state index is 11.9. The predicted molar refractivity (Wildman–Crippen MR) is 104 cm³/mol. The molecule has 3 aromatic rings. The van der Waals surface area contributed by atoms with Gasteiger partial charge in [-0.3, -0.25) is 9.36 Å². The minimum absolute atomic E-state index is 0.391. The summed E-state index contributed by atoms with van der Waals surface area (Å²) < 4.78 is 7.06. The van der Waals surface area contributed by atoms with Gasteiger partial charge in [-0.25, -0.2) is 15.0 Å². The van der Waals surface area contributed by atoms with Crippen LogP contribution in [0.4, 0.5) is 5.82 Å². The van der Waals surface area contributed by atoms with Gasteiger partial charge in [0, 0.05) is 18.6 Å². The Hall–Kier alpha value is -2.79. The van der Waals surface area contributed by atoms with Gasteiger partial charge >= 0.3 is 0 Å². The number of imidazole rings is 1. The van der Waals surface area contributed by atoms with Gasteiger partial charge in [-0.15, -0.1) is 0 Å². The second kappa shape index (κ2) is 7.91. The van der Waals surface area contributed by atoms with Crippen LogP contribution < -0.4 is 10.6 Å². The summed E-state index contributed by atoms with van der Waals surface area (Å²) >= 11 is 6.01. The third kappa shape index (κ3) is 3.62. The SMILES string of the molecule is CNC(=O)C1OC(n2cnc3c(NCc4cccc(Cl)c4)ncnc32)C(O)C1O. The Kier molecular flexibility index (Phi) is 5.33. The van der Waals surface area contributed by atoms with Crippen LogP contribution in [0.25, 0.3) is 11.2 Å². The number of hydrogen-bond acceptors (Lipinski definition) is 8. The van der Waals surface area contributed by atoms with E-state index in [1.165, 1.54) is 24.3 Å². The van der Waals surface area contributed by atoms with Crippen LogP contribution in [-0.2, 0) is 16.1 Å². The highest BCUT2D eigenvalue weighted by molar-refractivity contribution is 6.30. The van der Waals surface area contributed by atoms with Crippen LogP contribution in [-0.4, -0.2) is 61.0 Å². The molecule has 1 aliphatic rings. The van der Waals surface area contributed by atoms with E-state index in [9.17, 15) is 15.0 Å². The fraction of sp³-hybridized carbons (Fsp3) is 0.333. The van der Waals surface area contributed by atoms with E-state index in [1.807, 2.05) is 18.2 Å². The molecule has 4 N–H and O–H groups in total. The first-order valence-corrected chi connectivity index (χ1v) is 9.26. The number of likely N-dealkylation sites (N-methyl/N-ethyl adjacent to an activating group) is 1. The molecule has 0 saturated carbocycles. The molecule has 1 amide bonds. The average molecular weight is 419 g/mol. The molecule has 0 spiro atoms. The number of aliphatic hydroxyl groups is 2. The second-order valence-corrected chi connectivity index (χ2v) is 7.01. The van der Waals surface area contributed by atoms with Gasteiger partial charge in [-0.2, -0.15) is 0 Å². The maximum Gasteiger partial charge on any atom is 0.251 e. The third-order valence-electron chi connectivity index (χ3n) is 4.73. The average Bonchev–Trinajstić information content (AvgIpc) is 3.28. The Morgan fingerprint density at radius 3 is 2.86 bits per heavy atom. The number of fused-ring (bicyclic) bond motifs is 1. The molecule has 3 heterocycles. The van der Waals surface area contributed by atoms with Crippen molar-refractivity contribution in [2.75, 3.05) is 12.4 Å². The second-order valence-electron chi connectivity index (χ2n) is 6.57. The molecule has 152 valence electrons. The van der Waals surface area contributed by atoms with E-state index in [0.717, 1.165) is 5.56 Å². The lowest BCUT2D eigenvalue weighted by Crippen LogP contribution is -2.41. The van der Waals surface area contributed by atoms with Crippen LogP contribution in [0.5, 0.6) is 0 Å². The number of aromatic nitrogens is 4. The van der Waals surface area contributed by atoms with Crippen LogP contribution in [0.15, 0.2) is 36.9 Å². The summed E-state index contributed by atoms with van der Waals surface area (Å²) in [5, 5.41) is 26.8. The molecule has 0 bridgehead atoms. The zero-order chi connectivity index (χ0) is 20.5. The first kappa shape index (κ1) is 19.5. The molecule has 4 rings (SSSR count). The molecule has 0 radical (unpaired) electrons. The van der Waals surface area contributed by atoms with E-state index in [2.05, 4.69) is 25.6 Å². The molecule has 10 nitrogen and oxygen atoms in total. The van der Waals surface area contributed by atoms with Gasteiger partial charge in [-0.05, 0) is 17.7 Å². The maximum absolute atomic E-state index is 11.9. The van der Waals surface area contributed by atoms with Gasteiger partial charge in [0.15, 0.2) is 29.3 Å². The number of hydrogen-bond donors (Lipinski definition) is 4. The number of carbonyl (C=O) groups excluding carboxylic acids is 1. The van der Waals surface area contributed by atoms with Crippen LogP contribution >= 0.6 is 11.6 Å². The van der Waals surface area contributed by atoms with Crippen molar-refractivity contribution in [3.63, 3.8) is 0 Å². The molecular formula is C18H19ClN6O4. The monoisotopic (exact) mass is 418 g/mol. The van der Waals surface area contributed by atoms with Crippen molar-refractivity contribution in [2.45, 2.75) is 31.1 Å². The van der Waals surface area contributed by atoms with E-state index < -0.39 is 30.4 Å². The van der Waals surface area contributed by atoms with Crippen LogP contribution in [0.2, 0.25) is 5.02 Å². The summed E-state index contributed by atoms with van der Waals surface area (Å²) in [6.45, 7) is 0.472. The molecule has 29 heavy (non-hydrogen) atoms. The number of rotatable bonds is 5. The van der Waals surface area contributed by atoms with Gasteiger partial charge in [-0.1, -0.05) is 23.7 Å². The van der Waals surface area contributed by atoms with E-state index in [0.29, 0.717) is 28.5 Å². The number of anilines is 1. The Labute approximate surface area is 170 Å². The number of nitrogens with zero attached hydrogens (tertiary/aromatic N) is 4. The standard InChI is InChI=1S/C18H19ClN6O4/c1-20-17(28)14-12(26)13(27)18(29-14)25-8-24-11-15(22-7-23-16(11)25)21-6-9-3-2-4-10(19)5-9/h2-5,7-8,12-14,18,26-27H,6H2,1H3,(H,20,28)(H,21,22,23). The Balaban J connectivity index is 1.60. The summed E-state index contributed by atoms with van der Waals surface area (Å²) in [5.41, 5.74) is 1.82. The number of ether oxygens (including phenoxy) is 1. The van der Waals surface area contributed by atoms with Crippen molar-refractivity contribution >= 4 is 34.5 Å². The van der Waals surface area contributed by atoms with Crippen molar-refractivity contribution < 1.29 is 19.7 Å². The van der Waals surface area contributed by atoms with Crippen molar-refractivity contribution in [3.05, 3.63) is 47.5 Å². The normalized spacial score (nSPS) is 24.0. The number of nitrogens with one attached hydrogen (secondary N) is 2. The highest BCUT2D eigenvalue weighted by atomic mass is 35.5. The summed E-state index contributed by atoms with van der Waals surface area (Å²) in [7, 11) is 1.43. The van der Waals surface area contributed by atoms with Crippen LogP contribution in [0, 0.1) is 0 Å². The quantitative estimate of drug-likeness (QED) is 0.469. The van der Waals surface area contributed by atoms with Crippen molar-refractivity contribution in [2.24, 2.45) is 0 Å². The van der Waals surface area contributed by atoms with Crippen molar-refractivity contribution in [3.8, 4) is 0 Å². The molecule has 11 heteroatoms. The smallest absolute Gasteiger partial charge is 0.251 e. The topological polar surface area (TPSA) is 134 Å². The van der Waals surface area contributed by atoms with Gasteiger partial charge in [0.25, 0.3) is 5.91 Å². The lowest BCUT2D eigenvalue weighted by molar-refractivity contribution is -0.137. The Morgan fingerprint density at radius 1 is 1.28 bits per heavy atom. The number of aliphatic hydroxyl groups excluding tert-OH is 2. The number of amides is 1. The third-order valence-corrected chi connectivity index (χ3v) is 4.96. The molecule has 0 aliphatic carbocycles. The highest BCUT2D eigenvalue weighted by Gasteiger charge is 2.47. The molecule has 2 aromatic heterocycles. The highest BCUT2D eigenvalue weighted by Crippen LogP contribution is 2.32. The zero-order valence-electron chi connectivity index (χ0n) is 15.4. The van der Waals surface area contributed by atoms with Gasteiger partial charge < -0.3 is 25.6 Å². The summed E-state index contributed by atoms with van der Waals surface area (Å²) in [6, 6.07) is 7.42. The lowest BCUT2D eigenvalue weighted by atomic mass is 10.1. The van der Waals surface area contributed by atoms with Crippen molar-refractivity contribution in [1.82, 2.24) is 24.8 Å². The molecule has 1 aromatic carbocycles. The number of halogens is 1. The fourth-order valence-corrected chi connectivity index (χ4v) is 3.46. The molecular weight excluding hydrogens is 400 g/mol. The molecule has 1 saturated heterocycles. The van der Waals surface area contributed by atoms with E-state index in [4.69, 9.17) is 16.3 Å². The molecule has 1 aliphatic heterocycles. The van der Waals surface area contributed by atoms with Gasteiger partial charge in [0.05, 0.1) is 6.33 Å². The predicted octanol–water partition coefficient (Wildman–Crippen LogP) is 0.457. The Morgan fingerprint density at radius 2 is 2.10 bits per heavy atom. The number of benzene rings is 1. The van der Waals surface area contributed by atoms with E-state index in [-0.39, 0.29) is 0 Å². The fourth-order valence-electron chi connectivity index (χ4n) is 3.25. The first-order valence-electron chi connectivity index (χ1n) is 8.88. The minimum atomic E-state index is -1.38. The Bertz CT molecular complexity index is 1040. The van der Waals surface area contributed by atoms with E-state index in [1.54, 1.807) is 6.07 Å². The first-order chi connectivity index (χ1) is 14.0. The van der Waals surface area contributed by atoms with Gasteiger partial charge in [0.2, 0.25) is 0 Å².